The van der Waals surface area contributed by atoms with Crippen molar-refractivity contribution >= 4 is 27.8 Å². The van der Waals surface area contributed by atoms with E-state index >= 15 is 0 Å². The average Bonchev–Trinajstić information content (AvgIpc) is 2.97. The van der Waals surface area contributed by atoms with Gasteiger partial charge in [-0.05, 0) is 39.9 Å². The molecule has 0 unspecified atom stereocenters. The molecular formula is C24H24N2O2. The summed E-state index contributed by atoms with van der Waals surface area (Å²) >= 11 is 0. The van der Waals surface area contributed by atoms with Crippen LogP contribution in [0.15, 0.2) is 66.7 Å². The Morgan fingerprint density at radius 3 is 2.50 bits per heavy atom. The van der Waals surface area contributed by atoms with Crippen LogP contribution in [0.5, 0.6) is 0 Å². The molecule has 0 amide bonds. The molecule has 28 heavy (non-hydrogen) atoms. The number of fused-ring (bicyclic) bond motifs is 2. The second-order valence-electron chi connectivity index (χ2n) is 8.20. The van der Waals surface area contributed by atoms with Gasteiger partial charge in [0.1, 0.15) is 5.82 Å². The number of imidazole rings is 1. The topological polar surface area (TPSA) is 55.1 Å². The molecule has 0 fully saturated rings. The smallest absolute Gasteiger partial charge is 0.303 e. The predicted molar refractivity (Wildman–Crippen MR) is 113 cm³/mol. The van der Waals surface area contributed by atoms with Gasteiger partial charge in [-0.3, -0.25) is 4.79 Å². The maximum Gasteiger partial charge on any atom is 0.303 e. The average molecular weight is 372 g/mol. The highest BCUT2D eigenvalue weighted by Gasteiger charge is 2.25. The number of nitrogens with zero attached hydrogens (tertiary/aromatic N) is 2. The van der Waals surface area contributed by atoms with Crippen molar-refractivity contribution in [3.63, 3.8) is 0 Å². The Balaban J connectivity index is 1.74. The molecule has 0 aliphatic rings. The Labute approximate surface area is 164 Å². The van der Waals surface area contributed by atoms with Gasteiger partial charge in [-0.15, -0.1) is 0 Å². The van der Waals surface area contributed by atoms with E-state index in [9.17, 15) is 9.90 Å². The molecule has 0 radical (unpaired) electrons. The molecule has 0 aliphatic heterocycles. The zero-order valence-electron chi connectivity index (χ0n) is 16.2. The molecule has 0 spiro atoms. The highest BCUT2D eigenvalue weighted by molar-refractivity contribution is 5.83. The standard InChI is InChI=1S/C24H24N2O2/c1-24(2,15-23(27)28)14-22-25-20-9-5-6-10-21(20)26(22)16-17-11-12-18-7-3-4-8-19(18)13-17/h3-13H,14-16H2,1-2H3,(H,27,28). The van der Waals surface area contributed by atoms with Gasteiger partial charge in [0.15, 0.2) is 0 Å². The van der Waals surface area contributed by atoms with Gasteiger partial charge in [0.05, 0.1) is 17.5 Å². The largest absolute Gasteiger partial charge is 0.481 e. The summed E-state index contributed by atoms with van der Waals surface area (Å²) < 4.78 is 2.23. The van der Waals surface area contributed by atoms with E-state index in [2.05, 4.69) is 47.0 Å². The fraction of sp³-hybridized carbons (Fsp3) is 0.250. The molecule has 142 valence electrons. The van der Waals surface area contributed by atoms with E-state index in [1.165, 1.54) is 16.3 Å². The number of hydrogen-bond acceptors (Lipinski definition) is 2. The lowest BCUT2D eigenvalue weighted by molar-refractivity contribution is -0.139. The van der Waals surface area contributed by atoms with E-state index in [1.807, 2.05) is 38.1 Å². The van der Waals surface area contributed by atoms with E-state index in [-0.39, 0.29) is 11.8 Å². The van der Waals surface area contributed by atoms with Crippen LogP contribution in [0.4, 0.5) is 0 Å². The molecule has 4 heteroatoms. The fourth-order valence-corrected chi connectivity index (χ4v) is 3.86. The molecule has 0 bridgehead atoms. The number of benzene rings is 3. The Bertz CT molecular complexity index is 1160. The van der Waals surface area contributed by atoms with E-state index in [4.69, 9.17) is 4.98 Å². The quantitative estimate of drug-likeness (QED) is 0.501. The van der Waals surface area contributed by atoms with Crippen LogP contribution in [0.25, 0.3) is 21.8 Å². The van der Waals surface area contributed by atoms with E-state index in [0.717, 1.165) is 16.9 Å². The molecule has 0 atom stereocenters. The van der Waals surface area contributed by atoms with Gasteiger partial charge in [0.2, 0.25) is 0 Å². The third-order valence-electron chi connectivity index (χ3n) is 5.15. The molecule has 4 aromatic rings. The highest BCUT2D eigenvalue weighted by atomic mass is 16.4. The molecule has 1 N–H and O–H groups in total. The van der Waals surface area contributed by atoms with Crippen LogP contribution < -0.4 is 0 Å². The fourth-order valence-electron chi connectivity index (χ4n) is 3.86. The van der Waals surface area contributed by atoms with E-state index in [1.54, 1.807) is 0 Å². The van der Waals surface area contributed by atoms with Crippen LogP contribution in [0.2, 0.25) is 0 Å². The lowest BCUT2D eigenvalue weighted by Crippen LogP contribution is -2.22. The molecule has 1 aromatic heterocycles. The summed E-state index contributed by atoms with van der Waals surface area (Å²) in [6.07, 6.45) is 0.730. The second kappa shape index (κ2) is 7.12. The monoisotopic (exact) mass is 372 g/mol. The number of carbonyl (C=O) groups is 1. The number of aromatic nitrogens is 2. The maximum atomic E-state index is 11.3. The lowest BCUT2D eigenvalue weighted by Gasteiger charge is -2.22. The Morgan fingerprint density at radius 1 is 1.00 bits per heavy atom. The Hall–Kier alpha value is -3.14. The molecule has 0 saturated carbocycles. The number of carboxylic acids is 1. The number of carboxylic acid groups (broad SMARTS) is 1. The van der Waals surface area contributed by atoms with Crippen molar-refractivity contribution in [1.82, 2.24) is 9.55 Å². The van der Waals surface area contributed by atoms with Crippen molar-refractivity contribution in [1.29, 1.82) is 0 Å². The number of para-hydroxylation sites is 2. The minimum Gasteiger partial charge on any atom is -0.481 e. The van der Waals surface area contributed by atoms with Gasteiger partial charge in [-0.2, -0.15) is 0 Å². The first-order valence-electron chi connectivity index (χ1n) is 9.55. The summed E-state index contributed by atoms with van der Waals surface area (Å²) in [4.78, 5) is 16.1. The predicted octanol–water partition coefficient (Wildman–Crippen LogP) is 5.28. The first-order chi connectivity index (χ1) is 13.4. The third-order valence-corrected chi connectivity index (χ3v) is 5.15. The maximum absolute atomic E-state index is 11.3. The Morgan fingerprint density at radius 2 is 1.71 bits per heavy atom. The van der Waals surface area contributed by atoms with Gasteiger partial charge in [-0.25, -0.2) is 4.98 Å². The van der Waals surface area contributed by atoms with Crippen molar-refractivity contribution in [3.05, 3.63) is 78.1 Å². The SMILES string of the molecule is CC(C)(CC(=O)O)Cc1nc2ccccc2n1Cc1ccc2ccccc2c1. The Kier molecular flexibility index (Phi) is 4.63. The van der Waals surface area contributed by atoms with Gasteiger partial charge in [0.25, 0.3) is 0 Å². The van der Waals surface area contributed by atoms with Crippen LogP contribution in [-0.2, 0) is 17.8 Å². The number of rotatable bonds is 6. The summed E-state index contributed by atoms with van der Waals surface area (Å²) in [6, 6.07) is 23.0. The molecular weight excluding hydrogens is 348 g/mol. The number of hydrogen-bond donors (Lipinski definition) is 1. The first kappa shape index (κ1) is 18.2. The summed E-state index contributed by atoms with van der Waals surface area (Å²) in [5, 5.41) is 11.7. The summed E-state index contributed by atoms with van der Waals surface area (Å²) in [7, 11) is 0. The van der Waals surface area contributed by atoms with Crippen molar-refractivity contribution in [2.45, 2.75) is 33.2 Å². The summed E-state index contributed by atoms with van der Waals surface area (Å²) in [6.45, 7) is 4.69. The molecule has 4 nitrogen and oxygen atoms in total. The van der Waals surface area contributed by atoms with Gasteiger partial charge < -0.3 is 9.67 Å². The molecule has 4 rings (SSSR count). The van der Waals surface area contributed by atoms with Crippen molar-refractivity contribution < 1.29 is 9.90 Å². The zero-order valence-corrected chi connectivity index (χ0v) is 16.2. The van der Waals surface area contributed by atoms with Crippen molar-refractivity contribution in [2.75, 3.05) is 0 Å². The van der Waals surface area contributed by atoms with Crippen molar-refractivity contribution in [3.8, 4) is 0 Å². The van der Waals surface area contributed by atoms with Gasteiger partial charge in [0, 0.05) is 13.0 Å². The van der Waals surface area contributed by atoms with Crippen molar-refractivity contribution in [2.24, 2.45) is 5.41 Å². The minimum absolute atomic E-state index is 0.117. The van der Waals surface area contributed by atoms with E-state index in [0.29, 0.717) is 13.0 Å². The number of aliphatic carboxylic acids is 1. The molecule has 0 aliphatic carbocycles. The van der Waals surface area contributed by atoms with Crippen LogP contribution in [0.3, 0.4) is 0 Å². The minimum atomic E-state index is -0.776. The summed E-state index contributed by atoms with van der Waals surface area (Å²) in [5.74, 6) is 0.155. The lowest BCUT2D eigenvalue weighted by atomic mass is 9.85. The third kappa shape index (κ3) is 3.77. The van der Waals surface area contributed by atoms with E-state index < -0.39 is 5.97 Å². The molecule has 3 aromatic carbocycles. The van der Waals surface area contributed by atoms with Gasteiger partial charge in [-0.1, -0.05) is 62.4 Å². The van der Waals surface area contributed by atoms with Crippen LogP contribution >= 0.6 is 0 Å². The second-order valence-corrected chi connectivity index (χ2v) is 8.20. The van der Waals surface area contributed by atoms with Gasteiger partial charge >= 0.3 is 5.97 Å². The highest BCUT2D eigenvalue weighted by Crippen LogP contribution is 2.28. The van der Waals surface area contributed by atoms with Crippen LogP contribution in [0.1, 0.15) is 31.7 Å². The first-order valence-corrected chi connectivity index (χ1v) is 9.55. The van der Waals surface area contributed by atoms with Crippen LogP contribution in [0, 0.1) is 5.41 Å². The normalized spacial score (nSPS) is 11.9. The van der Waals surface area contributed by atoms with Crippen LogP contribution in [-0.4, -0.2) is 20.6 Å². The zero-order chi connectivity index (χ0) is 19.7. The molecule has 1 heterocycles. The summed E-state index contributed by atoms with van der Waals surface area (Å²) in [5.41, 5.74) is 2.87. The molecule has 0 saturated heterocycles.